The van der Waals surface area contributed by atoms with Crippen LogP contribution in [-0.4, -0.2) is 46.5 Å². The second kappa shape index (κ2) is 8.73. The molecule has 146 valence electrons. The summed E-state index contributed by atoms with van der Waals surface area (Å²) in [6.45, 7) is 2.07. The fourth-order valence-corrected chi connectivity index (χ4v) is 4.72. The Morgan fingerprint density at radius 2 is 1.48 bits per heavy atom. The molecule has 1 aliphatic rings. The number of sulfonamides is 1. The summed E-state index contributed by atoms with van der Waals surface area (Å²) in [6.07, 6.45) is 1.78. The van der Waals surface area contributed by atoms with Crippen LogP contribution in [0.3, 0.4) is 0 Å². The van der Waals surface area contributed by atoms with Gasteiger partial charge in [0.1, 0.15) is 17.2 Å². The van der Waals surface area contributed by atoms with Gasteiger partial charge in [-0.3, -0.25) is 0 Å². The predicted octanol–water partition coefficient (Wildman–Crippen LogP) is 3.11. The third-order valence-corrected chi connectivity index (χ3v) is 6.74. The number of nitrogens with zero attached hydrogens (tertiary/aromatic N) is 1. The van der Waals surface area contributed by atoms with Crippen LogP contribution in [0.2, 0.25) is 0 Å². The largest absolute Gasteiger partial charge is 0.497 e. The van der Waals surface area contributed by atoms with E-state index in [1.165, 1.54) is 0 Å². The Bertz CT molecular complexity index is 827. The van der Waals surface area contributed by atoms with Gasteiger partial charge in [0.15, 0.2) is 0 Å². The molecule has 1 saturated heterocycles. The minimum atomic E-state index is -3.46. The second-order valence-electron chi connectivity index (χ2n) is 6.65. The molecular weight excluding hydrogens is 364 g/mol. The fourth-order valence-electron chi connectivity index (χ4n) is 3.25. The summed E-state index contributed by atoms with van der Waals surface area (Å²) in [4.78, 5) is 0.302. The van der Waals surface area contributed by atoms with Crippen LogP contribution in [-0.2, 0) is 10.0 Å². The van der Waals surface area contributed by atoms with Gasteiger partial charge < -0.3 is 14.8 Å². The van der Waals surface area contributed by atoms with E-state index in [2.05, 4.69) is 5.32 Å². The Morgan fingerprint density at radius 1 is 0.963 bits per heavy atom. The van der Waals surface area contributed by atoms with Crippen LogP contribution >= 0.6 is 0 Å². The molecule has 0 aromatic heterocycles. The highest BCUT2D eigenvalue weighted by molar-refractivity contribution is 7.89. The molecular formula is C20H26N2O4S. The summed E-state index contributed by atoms with van der Waals surface area (Å²) in [5, 5.41) is 3.17. The highest BCUT2D eigenvalue weighted by Gasteiger charge is 2.29. The summed E-state index contributed by atoms with van der Waals surface area (Å²) in [5.74, 6) is 2.55. The van der Waals surface area contributed by atoms with Gasteiger partial charge in [-0.1, -0.05) is 0 Å². The number of nitrogens with one attached hydrogen (secondary N) is 1. The van der Waals surface area contributed by atoms with E-state index in [4.69, 9.17) is 9.47 Å². The summed E-state index contributed by atoms with van der Waals surface area (Å²) < 4.78 is 38.2. The average molecular weight is 391 g/mol. The molecule has 0 unspecified atom stereocenters. The Hall–Kier alpha value is -2.09. The van der Waals surface area contributed by atoms with E-state index in [9.17, 15) is 8.42 Å². The van der Waals surface area contributed by atoms with Gasteiger partial charge in [0.05, 0.1) is 12.0 Å². The van der Waals surface area contributed by atoms with Crippen LogP contribution < -0.4 is 14.8 Å². The molecule has 0 aliphatic carbocycles. The van der Waals surface area contributed by atoms with Crippen molar-refractivity contribution in [3.8, 4) is 17.2 Å². The van der Waals surface area contributed by atoms with Crippen molar-refractivity contribution in [1.29, 1.82) is 0 Å². The third-order valence-electron chi connectivity index (χ3n) is 4.82. The normalized spacial score (nSPS) is 16.2. The molecule has 1 aliphatic heterocycles. The van der Waals surface area contributed by atoms with Gasteiger partial charge in [-0.05, 0) is 80.9 Å². The lowest BCUT2D eigenvalue weighted by Crippen LogP contribution is -2.40. The molecule has 1 fully saturated rings. The summed E-state index contributed by atoms with van der Waals surface area (Å²) >= 11 is 0. The van der Waals surface area contributed by atoms with Crippen molar-refractivity contribution < 1.29 is 17.9 Å². The summed E-state index contributed by atoms with van der Waals surface area (Å²) in [7, 11) is 0.0804. The van der Waals surface area contributed by atoms with E-state index >= 15 is 0 Å². The smallest absolute Gasteiger partial charge is 0.243 e. The maximum Gasteiger partial charge on any atom is 0.243 e. The number of ether oxygens (including phenoxy) is 2. The van der Waals surface area contributed by atoms with Crippen LogP contribution in [0.4, 0.5) is 0 Å². The van der Waals surface area contributed by atoms with Crippen molar-refractivity contribution in [2.24, 2.45) is 5.92 Å². The van der Waals surface area contributed by atoms with Crippen LogP contribution in [0.1, 0.15) is 12.8 Å². The summed E-state index contributed by atoms with van der Waals surface area (Å²) in [6, 6.07) is 13.8. The second-order valence-corrected chi connectivity index (χ2v) is 8.59. The molecule has 2 aromatic carbocycles. The highest BCUT2D eigenvalue weighted by Crippen LogP contribution is 2.27. The van der Waals surface area contributed by atoms with Gasteiger partial charge in [0, 0.05) is 13.1 Å². The molecule has 0 saturated carbocycles. The van der Waals surface area contributed by atoms with Gasteiger partial charge in [-0.2, -0.15) is 4.31 Å². The van der Waals surface area contributed by atoms with Crippen LogP contribution in [0.5, 0.6) is 17.2 Å². The average Bonchev–Trinajstić information content (AvgIpc) is 2.70. The Balaban J connectivity index is 1.65. The number of benzene rings is 2. The minimum absolute atomic E-state index is 0.302. The van der Waals surface area contributed by atoms with Crippen LogP contribution in [0.25, 0.3) is 0 Å². The molecule has 0 bridgehead atoms. The van der Waals surface area contributed by atoms with E-state index in [0.717, 1.165) is 25.1 Å². The molecule has 7 heteroatoms. The van der Waals surface area contributed by atoms with Crippen molar-refractivity contribution in [2.45, 2.75) is 17.7 Å². The lowest BCUT2D eigenvalue weighted by Gasteiger charge is -2.31. The van der Waals surface area contributed by atoms with E-state index in [-0.39, 0.29) is 0 Å². The summed E-state index contributed by atoms with van der Waals surface area (Å²) in [5.41, 5.74) is 0. The third kappa shape index (κ3) is 4.80. The molecule has 1 heterocycles. The molecule has 0 atom stereocenters. The number of piperidine rings is 1. The lowest BCUT2D eigenvalue weighted by atomic mass is 9.98. The highest BCUT2D eigenvalue weighted by atomic mass is 32.2. The minimum Gasteiger partial charge on any atom is -0.497 e. The van der Waals surface area contributed by atoms with Crippen molar-refractivity contribution in [3.05, 3.63) is 48.5 Å². The Kier molecular flexibility index (Phi) is 6.36. The molecule has 0 amide bonds. The lowest BCUT2D eigenvalue weighted by molar-refractivity contribution is 0.270. The van der Waals surface area contributed by atoms with Gasteiger partial charge in [-0.15, -0.1) is 0 Å². The van der Waals surface area contributed by atoms with Gasteiger partial charge in [0.25, 0.3) is 0 Å². The molecule has 0 spiro atoms. The van der Waals surface area contributed by atoms with E-state index in [0.29, 0.717) is 35.4 Å². The zero-order chi connectivity index (χ0) is 19.3. The van der Waals surface area contributed by atoms with Crippen LogP contribution in [0, 0.1) is 5.92 Å². The topological polar surface area (TPSA) is 67.9 Å². The number of rotatable bonds is 7. The maximum atomic E-state index is 12.8. The quantitative estimate of drug-likeness (QED) is 0.787. The predicted molar refractivity (Wildman–Crippen MR) is 105 cm³/mol. The first-order valence-corrected chi connectivity index (χ1v) is 10.5. The first kappa shape index (κ1) is 19.7. The molecule has 27 heavy (non-hydrogen) atoms. The molecule has 0 radical (unpaired) electrons. The van der Waals surface area contributed by atoms with Crippen molar-refractivity contribution in [1.82, 2.24) is 9.62 Å². The monoisotopic (exact) mass is 390 g/mol. The number of hydrogen-bond donors (Lipinski definition) is 1. The van der Waals surface area contributed by atoms with Crippen molar-refractivity contribution in [3.63, 3.8) is 0 Å². The van der Waals surface area contributed by atoms with Gasteiger partial charge in [-0.25, -0.2) is 8.42 Å². The first-order valence-electron chi connectivity index (χ1n) is 9.09. The molecule has 1 N–H and O–H groups in total. The van der Waals surface area contributed by atoms with E-state index < -0.39 is 10.0 Å². The fraction of sp³-hybridized carbons (Fsp3) is 0.400. The van der Waals surface area contributed by atoms with Gasteiger partial charge >= 0.3 is 0 Å². The van der Waals surface area contributed by atoms with Crippen LogP contribution in [0.15, 0.2) is 53.4 Å². The van der Waals surface area contributed by atoms with Gasteiger partial charge in [0.2, 0.25) is 10.0 Å². The van der Waals surface area contributed by atoms with Crippen molar-refractivity contribution in [2.75, 3.05) is 33.8 Å². The molecule has 3 rings (SSSR count). The standard InChI is InChI=1S/C20H26N2O4S/c1-21-15-16-11-13-22(14-12-16)27(23,24)20-9-7-19(8-10-20)26-18-5-3-17(25-2)4-6-18/h3-10,16,21H,11-15H2,1-2H3. The Labute approximate surface area is 161 Å². The molecule has 6 nitrogen and oxygen atoms in total. The SMILES string of the molecule is CNCC1CCN(S(=O)(=O)c2ccc(Oc3ccc(OC)cc3)cc2)CC1. The number of methoxy groups -OCH3 is 1. The van der Waals surface area contributed by atoms with Crippen molar-refractivity contribution >= 4 is 10.0 Å². The number of hydrogen-bond acceptors (Lipinski definition) is 5. The Morgan fingerprint density at radius 3 is 2.00 bits per heavy atom. The zero-order valence-corrected chi connectivity index (χ0v) is 16.5. The molecule has 2 aromatic rings. The van der Waals surface area contributed by atoms with E-state index in [1.807, 2.05) is 19.2 Å². The maximum absolute atomic E-state index is 12.8. The van der Waals surface area contributed by atoms with E-state index in [1.54, 1.807) is 47.8 Å². The first-order chi connectivity index (χ1) is 13.0. The zero-order valence-electron chi connectivity index (χ0n) is 15.7.